The van der Waals surface area contributed by atoms with Gasteiger partial charge < -0.3 is 5.43 Å². The van der Waals surface area contributed by atoms with Crippen LogP contribution in [-0.4, -0.2) is 30.9 Å². The third-order valence-electron chi connectivity index (χ3n) is 2.44. The number of aromatic nitrogens is 1. The van der Waals surface area contributed by atoms with E-state index in [2.05, 4.69) is 15.1 Å². The largest absolute Gasteiger partial charge is 0.307 e. The van der Waals surface area contributed by atoms with Gasteiger partial charge in [-0.3, -0.25) is 0 Å². The summed E-state index contributed by atoms with van der Waals surface area (Å²) in [5.41, 5.74) is 2.28. The standard InChI is InChI=1S/C10H18N4O2S2/c1-10(2,17-3)7-13-18(15,16)8-5-4-6-12-9(8)14-11/h4-6,13H,7,11H2,1-3H3,(H,12,14). The molecule has 0 spiro atoms. The van der Waals surface area contributed by atoms with Crippen molar-refractivity contribution >= 4 is 27.6 Å². The average Bonchev–Trinajstić information content (AvgIpc) is 2.37. The molecule has 0 aliphatic heterocycles. The Morgan fingerprint density at radius 3 is 2.72 bits per heavy atom. The second-order valence-electron chi connectivity index (χ2n) is 4.28. The molecule has 1 aromatic heterocycles. The molecule has 102 valence electrons. The van der Waals surface area contributed by atoms with Crippen LogP contribution >= 0.6 is 11.8 Å². The van der Waals surface area contributed by atoms with Gasteiger partial charge in [0.05, 0.1) is 0 Å². The first-order valence-corrected chi connectivity index (χ1v) is 7.99. The number of sulfonamides is 1. The van der Waals surface area contributed by atoms with Gasteiger partial charge in [-0.15, -0.1) is 0 Å². The Hall–Kier alpha value is -0.830. The Labute approximate surface area is 112 Å². The zero-order chi connectivity index (χ0) is 13.8. The molecule has 0 aromatic carbocycles. The summed E-state index contributed by atoms with van der Waals surface area (Å²) in [6.45, 7) is 4.26. The highest BCUT2D eigenvalue weighted by Gasteiger charge is 2.23. The molecule has 0 fully saturated rings. The van der Waals surface area contributed by atoms with Crippen molar-refractivity contribution < 1.29 is 8.42 Å². The lowest BCUT2D eigenvalue weighted by Crippen LogP contribution is -2.36. The van der Waals surface area contributed by atoms with E-state index in [0.717, 1.165) is 0 Å². The van der Waals surface area contributed by atoms with Crippen molar-refractivity contribution in [2.24, 2.45) is 5.84 Å². The van der Waals surface area contributed by atoms with Crippen molar-refractivity contribution in [1.82, 2.24) is 9.71 Å². The van der Waals surface area contributed by atoms with E-state index in [1.165, 1.54) is 12.3 Å². The second kappa shape index (κ2) is 5.87. The summed E-state index contributed by atoms with van der Waals surface area (Å²) < 4.78 is 26.6. The van der Waals surface area contributed by atoms with Crippen LogP contribution in [0.4, 0.5) is 5.82 Å². The molecule has 0 saturated heterocycles. The Bertz CT molecular complexity index is 502. The Morgan fingerprint density at radius 1 is 1.50 bits per heavy atom. The van der Waals surface area contributed by atoms with Crippen LogP contribution in [0.2, 0.25) is 0 Å². The zero-order valence-corrected chi connectivity index (χ0v) is 12.2. The van der Waals surface area contributed by atoms with Crippen molar-refractivity contribution in [3.8, 4) is 0 Å². The number of hydrogen-bond acceptors (Lipinski definition) is 6. The second-order valence-corrected chi connectivity index (χ2v) is 7.53. The lowest BCUT2D eigenvalue weighted by Gasteiger charge is -2.22. The number of hydrazine groups is 1. The molecule has 0 atom stereocenters. The van der Waals surface area contributed by atoms with E-state index in [1.54, 1.807) is 17.8 Å². The molecule has 0 unspecified atom stereocenters. The third-order valence-corrected chi connectivity index (χ3v) is 5.12. The van der Waals surface area contributed by atoms with Crippen molar-refractivity contribution in [3.05, 3.63) is 18.3 Å². The number of nitrogens with two attached hydrogens (primary N) is 1. The number of anilines is 1. The molecule has 18 heavy (non-hydrogen) atoms. The minimum absolute atomic E-state index is 0.0457. The monoisotopic (exact) mass is 290 g/mol. The lowest BCUT2D eigenvalue weighted by molar-refractivity contribution is 0.570. The van der Waals surface area contributed by atoms with Gasteiger partial charge in [-0.1, -0.05) is 0 Å². The number of rotatable bonds is 6. The van der Waals surface area contributed by atoms with Gasteiger partial charge in [-0.05, 0) is 32.2 Å². The molecule has 0 aliphatic rings. The molecule has 6 nitrogen and oxygen atoms in total. The van der Waals surface area contributed by atoms with Crippen LogP contribution in [0.5, 0.6) is 0 Å². The van der Waals surface area contributed by atoms with Crippen LogP contribution in [0.15, 0.2) is 23.2 Å². The smallest absolute Gasteiger partial charge is 0.244 e. The fraction of sp³-hybridized carbons (Fsp3) is 0.500. The van der Waals surface area contributed by atoms with Gasteiger partial charge >= 0.3 is 0 Å². The van der Waals surface area contributed by atoms with E-state index in [-0.39, 0.29) is 15.5 Å². The minimum Gasteiger partial charge on any atom is -0.307 e. The summed E-state index contributed by atoms with van der Waals surface area (Å²) in [6, 6.07) is 3.01. The molecule has 4 N–H and O–H groups in total. The van der Waals surface area contributed by atoms with Crippen LogP contribution in [-0.2, 0) is 10.0 Å². The molecule has 1 heterocycles. The maximum atomic E-state index is 12.1. The number of pyridine rings is 1. The first kappa shape index (κ1) is 15.2. The molecule has 0 saturated carbocycles. The fourth-order valence-corrected chi connectivity index (χ4v) is 2.77. The van der Waals surface area contributed by atoms with E-state index in [4.69, 9.17) is 5.84 Å². The summed E-state index contributed by atoms with van der Waals surface area (Å²) in [4.78, 5) is 3.91. The predicted octanol–water partition coefficient (Wildman–Crippen LogP) is 0.787. The number of hydrogen-bond donors (Lipinski definition) is 3. The van der Waals surface area contributed by atoms with Gasteiger partial charge in [0, 0.05) is 17.5 Å². The van der Waals surface area contributed by atoms with Gasteiger partial charge in [0.15, 0.2) is 5.82 Å². The van der Waals surface area contributed by atoms with Crippen LogP contribution < -0.4 is 16.0 Å². The first-order valence-electron chi connectivity index (χ1n) is 5.29. The highest BCUT2D eigenvalue weighted by molar-refractivity contribution is 8.00. The van der Waals surface area contributed by atoms with Crippen LogP contribution in [0, 0.1) is 0 Å². The van der Waals surface area contributed by atoms with Gasteiger partial charge in [0.1, 0.15) is 4.90 Å². The molecule has 8 heteroatoms. The highest BCUT2D eigenvalue weighted by Crippen LogP contribution is 2.22. The van der Waals surface area contributed by atoms with Crippen LogP contribution in [0.25, 0.3) is 0 Å². The molecular formula is C10H18N4O2S2. The van der Waals surface area contributed by atoms with Crippen molar-refractivity contribution in [2.75, 3.05) is 18.2 Å². The van der Waals surface area contributed by atoms with Gasteiger partial charge in [0.2, 0.25) is 10.0 Å². The lowest BCUT2D eigenvalue weighted by atomic mass is 10.2. The van der Waals surface area contributed by atoms with E-state index in [1.807, 2.05) is 20.1 Å². The molecule has 0 amide bonds. The fourth-order valence-electron chi connectivity index (χ4n) is 1.13. The van der Waals surface area contributed by atoms with Gasteiger partial charge in [0.25, 0.3) is 0 Å². The van der Waals surface area contributed by atoms with Crippen molar-refractivity contribution in [2.45, 2.75) is 23.5 Å². The summed E-state index contributed by atoms with van der Waals surface area (Å²) in [7, 11) is -3.61. The Balaban J connectivity index is 2.94. The third kappa shape index (κ3) is 3.84. The molecule has 1 aromatic rings. The molecular weight excluding hydrogens is 272 g/mol. The normalized spacial score (nSPS) is 12.4. The van der Waals surface area contributed by atoms with Gasteiger partial charge in [-0.25, -0.2) is 24.0 Å². The number of nitrogens with zero attached hydrogens (tertiary/aromatic N) is 1. The first-order chi connectivity index (χ1) is 8.32. The zero-order valence-electron chi connectivity index (χ0n) is 10.6. The summed E-state index contributed by atoms with van der Waals surface area (Å²) in [6.07, 6.45) is 3.41. The summed E-state index contributed by atoms with van der Waals surface area (Å²) >= 11 is 1.59. The van der Waals surface area contributed by atoms with Gasteiger partial charge in [-0.2, -0.15) is 11.8 Å². The minimum atomic E-state index is -3.61. The highest BCUT2D eigenvalue weighted by atomic mass is 32.2. The molecule has 0 radical (unpaired) electrons. The average molecular weight is 290 g/mol. The van der Waals surface area contributed by atoms with E-state index in [9.17, 15) is 8.42 Å². The summed E-state index contributed by atoms with van der Waals surface area (Å²) in [5.74, 6) is 5.38. The van der Waals surface area contributed by atoms with E-state index >= 15 is 0 Å². The van der Waals surface area contributed by atoms with Crippen LogP contribution in [0.3, 0.4) is 0 Å². The topological polar surface area (TPSA) is 97.1 Å². The van der Waals surface area contributed by atoms with Crippen LogP contribution in [0.1, 0.15) is 13.8 Å². The van der Waals surface area contributed by atoms with Crippen molar-refractivity contribution in [1.29, 1.82) is 0 Å². The number of thioether (sulfide) groups is 1. The maximum absolute atomic E-state index is 12.1. The SMILES string of the molecule is CSC(C)(C)CNS(=O)(=O)c1cccnc1NN. The number of nitrogens with one attached hydrogen (secondary N) is 2. The van der Waals surface area contributed by atoms with E-state index < -0.39 is 10.0 Å². The number of nitrogen functional groups attached to an aromatic ring is 1. The van der Waals surface area contributed by atoms with E-state index in [0.29, 0.717) is 6.54 Å². The predicted molar refractivity (Wildman–Crippen MR) is 74.8 cm³/mol. The molecule has 0 aliphatic carbocycles. The Kier molecular flexibility index (Phi) is 4.97. The maximum Gasteiger partial charge on any atom is 0.244 e. The molecule has 0 bridgehead atoms. The summed E-state index contributed by atoms with van der Waals surface area (Å²) in [5, 5.41) is 0. The Morgan fingerprint density at radius 2 is 2.17 bits per heavy atom. The quantitative estimate of drug-likeness (QED) is 0.529. The van der Waals surface area contributed by atoms with Crippen molar-refractivity contribution in [3.63, 3.8) is 0 Å². The molecule has 1 rings (SSSR count).